The average molecular weight is 175 g/mol. The van der Waals surface area contributed by atoms with Gasteiger partial charge in [-0.3, -0.25) is 10.5 Å². The van der Waals surface area contributed by atoms with Crippen molar-refractivity contribution < 1.29 is 13.5 Å². The molecule has 0 saturated carbocycles. The van der Waals surface area contributed by atoms with Gasteiger partial charge in [0.1, 0.15) is 5.72 Å². The molecule has 1 atom stereocenters. The highest BCUT2D eigenvalue weighted by Crippen LogP contribution is 2.25. The lowest BCUT2D eigenvalue weighted by Crippen LogP contribution is -2.45. The number of halogens is 2. The van der Waals surface area contributed by atoms with Gasteiger partial charge in [-0.1, -0.05) is 18.2 Å². The fraction of sp³-hybridized carbons (Fsp3) is 0.500. The molecular formula is C8H11F2NO. The van der Waals surface area contributed by atoms with E-state index in [-0.39, 0.29) is 0 Å². The van der Waals surface area contributed by atoms with Crippen LogP contribution in [-0.2, 0) is 4.74 Å². The van der Waals surface area contributed by atoms with Gasteiger partial charge in [-0.05, 0) is 12.5 Å². The van der Waals surface area contributed by atoms with Crippen molar-refractivity contribution in [2.75, 3.05) is 0 Å². The summed E-state index contributed by atoms with van der Waals surface area (Å²) in [7, 11) is 0. The van der Waals surface area contributed by atoms with E-state index < -0.39 is 12.3 Å². The number of ether oxygens (including phenoxy) is 1. The number of hydrogen-bond donors (Lipinski definition) is 1. The Kier molecular flexibility index (Phi) is 2.59. The van der Waals surface area contributed by atoms with E-state index in [1.165, 1.54) is 0 Å². The highest BCUT2D eigenvalue weighted by atomic mass is 19.3. The molecule has 68 valence electrons. The lowest BCUT2D eigenvalue weighted by atomic mass is 9.97. The Morgan fingerprint density at radius 2 is 2.33 bits per heavy atom. The van der Waals surface area contributed by atoms with Gasteiger partial charge in [-0.25, -0.2) is 0 Å². The number of allylic oxidation sites excluding steroid dienone is 2. The van der Waals surface area contributed by atoms with Crippen LogP contribution in [0.25, 0.3) is 0 Å². The average Bonchev–Trinajstić information content (AvgIpc) is 1.94. The van der Waals surface area contributed by atoms with E-state index >= 15 is 0 Å². The van der Waals surface area contributed by atoms with Gasteiger partial charge < -0.3 is 0 Å². The summed E-state index contributed by atoms with van der Waals surface area (Å²) < 4.78 is 28.1. The summed E-state index contributed by atoms with van der Waals surface area (Å²) in [6.07, 6.45) is 5.44. The Morgan fingerprint density at radius 1 is 1.67 bits per heavy atom. The summed E-state index contributed by atoms with van der Waals surface area (Å²) >= 11 is 0. The standard InChI is InChI=1S/C8H11F2NO/c1-6-4-2-3-5-8(6,11)12-7(9)10/h2-4,7H,5,11H2,1H3. The van der Waals surface area contributed by atoms with Gasteiger partial charge in [0.15, 0.2) is 0 Å². The van der Waals surface area contributed by atoms with Crippen molar-refractivity contribution in [2.24, 2.45) is 5.73 Å². The third-order valence-electron chi connectivity index (χ3n) is 1.87. The molecule has 0 heterocycles. The lowest BCUT2D eigenvalue weighted by molar-refractivity contribution is -0.193. The smallest absolute Gasteiger partial charge is 0.299 e. The minimum absolute atomic E-state index is 0.291. The van der Waals surface area contributed by atoms with Gasteiger partial charge in [0.25, 0.3) is 0 Å². The van der Waals surface area contributed by atoms with Crippen LogP contribution >= 0.6 is 0 Å². The van der Waals surface area contributed by atoms with Gasteiger partial charge in [0, 0.05) is 6.42 Å². The molecule has 0 saturated heterocycles. The molecule has 1 aliphatic rings. The molecule has 12 heavy (non-hydrogen) atoms. The number of rotatable bonds is 2. The van der Waals surface area contributed by atoms with Crippen molar-refractivity contribution in [1.82, 2.24) is 0 Å². The molecule has 0 aromatic heterocycles. The molecular weight excluding hydrogens is 164 g/mol. The van der Waals surface area contributed by atoms with E-state index in [0.29, 0.717) is 12.0 Å². The van der Waals surface area contributed by atoms with Crippen LogP contribution in [0.15, 0.2) is 23.8 Å². The molecule has 1 unspecified atom stereocenters. The molecule has 1 rings (SSSR count). The first-order valence-electron chi connectivity index (χ1n) is 3.63. The van der Waals surface area contributed by atoms with E-state index in [4.69, 9.17) is 5.73 Å². The SMILES string of the molecule is CC1=CC=CCC1(N)OC(F)F. The quantitative estimate of drug-likeness (QED) is 0.649. The van der Waals surface area contributed by atoms with Crippen molar-refractivity contribution in [2.45, 2.75) is 25.7 Å². The monoisotopic (exact) mass is 175 g/mol. The first kappa shape index (κ1) is 9.35. The van der Waals surface area contributed by atoms with Gasteiger partial charge in [0.05, 0.1) is 0 Å². The lowest BCUT2D eigenvalue weighted by Gasteiger charge is -2.30. The highest BCUT2D eigenvalue weighted by molar-refractivity contribution is 5.25. The third-order valence-corrected chi connectivity index (χ3v) is 1.87. The maximum atomic E-state index is 11.9. The molecule has 0 aliphatic heterocycles. The van der Waals surface area contributed by atoms with Crippen molar-refractivity contribution in [3.05, 3.63) is 23.8 Å². The van der Waals surface area contributed by atoms with Crippen molar-refractivity contribution in [3.63, 3.8) is 0 Å². The second-order valence-corrected chi connectivity index (χ2v) is 2.75. The number of alkyl halides is 2. The van der Waals surface area contributed by atoms with Crippen LogP contribution < -0.4 is 5.73 Å². The topological polar surface area (TPSA) is 35.2 Å². The zero-order valence-electron chi connectivity index (χ0n) is 6.76. The Balaban J connectivity index is 2.71. The first-order chi connectivity index (χ1) is 5.54. The predicted octanol–water partition coefficient (Wildman–Crippen LogP) is 1.79. The third kappa shape index (κ3) is 1.89. The van der Waals surface area contributed by atoms with Gasteiger partial charge >= 0.3 is 6.61 Å². The fourth-order valence-electron chi connectivity index (χ4n) is 1.06. The summed E-state index contributed by atoms with van der Waals surface area (Å²) in [5, 5.41) is 0. The fourth-order valence-corrected chi connectivity index (χ4v) is 1.06. The van der Waals surface area contributed by atoms with Gasteiger partial charge in [0.2, 0.25) is 0 Å². The molecule has 0 spiro atoms. The summed E-state index contributed by atoms with van der Waals surface area (Å²) in [6.45, 7) is -1.16. The maximum absolute atomic E-state index is 11.9. The van der Waals surface area contributed by atoms with Crippen LogP contribution in [0.1, 0.15) is 13.3 Å². The van der Waals surface area contributed by atoms with Crippen LogP contribution in [0.2, 0.25) is 0 Å². The molecule has 2 N–H and O–H groups in total. The molecule has 1 aliphatic carbocycles. The molecule has 0 amide bonds. The first-order valence-corrected chi connectivity index (χ1v) is 3.63. The van der Waals surface area contributed by atoms with Crippen LogP contribution in [0.3, 0.4) is 0 Å². The summed E-state index contributed by atoms with van der Waals surface area (Å²) in [4.78, 5) is 0. The minimum Gasteiger partial charge on any atom is -0.299 e. The van der Waals surface area contributed by atoms with Crippen molar-refractivity contribution in [1.29, 1.82) is 0 Å². The molecule has 2 nitrogen and oxygen atoms in total. The van der Waals surface area contributed by atoms with Crippen LogP contribution in [0, 0.1) is 0 Å². The zero-order chi connectivity index (χ0) is 9.19. The number of nitrogens with two attached hydrogens (primary N) is 1. The normalized spacial score (nSPS) is 29.2. The highest BCUT2D eigenvalue weighted by Gasteiger charge is 2.31. The summed E-state index contributed by atoms with van der Waals surface area (Å²) in [5.41, 5.74) is 4.88. The van der Waals surface area contributed by atoms with Crippen LogP contribution in [0.4, 0.5) is 8.78 Å². The molecule has 0 fully saturated rings. The molecule has 0 aromatic carbocycles. The second-order valence-electron chi connectivity index (χ2n) is 2.75. The Morgan fingerprint density at radius 3 is 2.83 bits per heavy atom. The van der Waals surface area contributed by atoms with Crippen LogP contribution in [-0.4, -0.2) is 12.3 Å². The van der Waals surface area contributed by atoms with E-state index in [1.54, 1.807) is 25.2 Å². The van der Waals surface area contributed by atoms with Crippen molar-refractivity contribution >= 4 is 0 Å². The van der Waals surface area contributed by atoms with E-state index in [1.807, 2.05) is 0 Å². The number of hydrogen-bond acceptors (Lipinski definition) is 2. The molecule has 0 bridgehead atoms. The second kappa shape index (κ2) is 3.33. The molecule has 4 heteroatoms. The largest absolute Gasteiger partial charge is 0.347 e. The van der Waals surface area contributed by atoms with E-state index in [2.05, 4.69) is 4.74 Å². The zero-order valence-corrected chi connectivity index (χ0v) is 6.76. The summed E-state index contributed by atoms with van der Waals surface area (Å²) in [6, 6.07) is 0. The maximum Gasteiger partial charge on any atom is 0.347 e. The molecule has 0 aromatic rings. The Labute approximate surface area is 69.7 Å². The van der Waals surface area contributed by atoms with Crippen molar-refractivity contribution in [3.8, 4) is 0 Å². The Hall–Kier alpha value is -0.740. The molecule has 0 radical (unpaired) electrons. The Bertz CT molecular complexity index is 225. The minimum atomic E-state index is -2.83. The van der Waals surface area contributed by atoms with Gasteiger partial charge in [-0.15, -0.1) is 0 Å². The van der Waals surface area contributed by atoms with Crippen LogP contribution in [0.5, 0.6) is 0 Å². The predicted molar refractivity (Wildman–Crippen MR) is 41.5 cm³/mol. The van der Waals surface area contributed by atoms with E-state index in [9.17, 15) is 8.78 Å². The summed E-state index contributed by atoms with van der Waals surface area (Å²) in [5.74, 6) is 0. The van der Waals surface area contributed by atoms with Gasteiger partial charge in [-0.2, -0.15) is 8.78 Å². The van der Waals surface area contributed by atoms with E-state index in [0.717, 1.165) is 0 Å².